The Labute approximate surface area is 127 Å². The molecule has 1 aromatic carbocycles. The lowest BCUT2D eigenvalue weighted by atomic mass is 10.2. The summed E-state index contributed by atoms with van der Waals surface area (Å²) in [6.07, 6.45) is -4.56. The predicted molar refractivity (Wildman–Crippen MR) is 75.0 cm³/mol. The van der Waals surface area contributed by atoms with E-state index in [0.717, 1.165) is 21.5 Å². The fraction of sp³-hybridized carbons (Fsp3) is 0.357. The second-order valence-electron chi connectivity index (χ2n) is 4.88. The topological polar surface area (TPSA) is 25.2 Å². The highest BCUT2D eigenvalue weighted by molar-refractivity contribution is 9.09. The van der Waals surface area contributed by atoms with E-state index in [-0.39, 0.29) is 13.0 Å². The molecule has 0 N–H and O–H groups in total. The lowest BCUT2D eigenvalue weighted by molar-refractivity contribution is -0.186. The molecule has 0 spiro atoms. The number of amides is 1. The average Bonchev–Trinajstić information content (AvgIpc) is 2.67. The Morgan fingerprint density at radius 2 is 2.00 bits per heavy atom. The van der Waals surface area contributed by atoms with Crippen LogP contribution in [-0.2, 0) is 17.8 Å². The molecule has 1 amide bonds. The first kappa shape index (κ1) is 14.4. The number of aromatic nitrogens is 1. The Morgan fingerprint density at radius 3 is 2.71 bits per heavy atom. The molecule has 21 heavy (non-hydrogen) atoms. The number of para-hydroxylation sites is 1. The van der Waals surface area contributed by atoms with Crippen molar-refractivity contribution in [1.82, 2.24) is 9.47 Å². The van der Waals surface area contributed by atoms with Crippen molar-refractivity contribution in [2.75, 3.05) is 6.54 Å². The van der Waals surface area contributed by atoms with Crippen LogP contribution in [0, 0.1) is 6.07 Å². The highest BCUT2D eigenvalue weighted by Crippen LogP contribution is 2.28. The lowest BCUT2D eigenvalue weighted by Gasteiger charge is -2.26. The van der Waals surface area contributed by atoms with Crippen molar-refractivity contribution in [2.24, 2.45) is 0 Å². The van der Waals surface area contributed by atoms with Crippen LogP contribution in [0.1, 0.15) is 5.69 Å². The standard InChI is InChI=1S/C14H11BrF3N2O/c15-12-8-10-7-9-3-1-2-4-11(9)19(10)5-6-20(12)13(21)14(16,17)18/h1-4,12H,5-6,8H2. The summed E-state index contributed by atoms with van der Waals surface area (Å²) < 4.78 is 39.8. The molecule has 1 aromatic heterocycles. The van der Waals surface area contributed by atoms with Gasteiger partial charge in [-0.15, -0.1) is 0 Å². The minimum Gasteiger partial charge on any atom is -0.342 e. The van der Waals surface area contributed by atoms with E-state index in [1.807, 2.05) is 28.8 Å². The second kappa shape index (κ2) is 5.05. The first-order valence-corrected chi connectivity index (χ1v) is 7.31. The summed E-state index contributed by atoms with van der Waals surface area (Å²) in [5.41, 5.74) is 1.73. The highest BCUT2D eigenvalue weighted by atomic mass is 79.9. The van der Waals surface area contributed by atoms with Gasteiger partial charge in [-0.25, -0.2) is 0 Å². The molecule has 0 saturated carbocycles. The van der Waals surface area contributed by atoms with E-state index in [9.17, 15) is 18.0 Å². The van der Waals surface area contributed by atoms with Gasteiger partial charge in [-0.2, -0.15) is 13.2 Å². The minimum absolute atomic E-state index is 0.00771. The van der Waals surface area contributed by atoms with Gasteiger partial charge in [0.25, 0.3) is 0 Å². The van der Waals surface area contributed by atoms with Crippen LogP contribution in [0.5, 0.6) is 0 Å². The maximum absolute atomic E-state index is 12.6. The molecule has 1 aliphatic rings. The van der Waals surface area contributed by atoms with Crippen molar-refractivity contribution in [2.45, 2.75) is 24.1 Å². The summed E-state index contributed by atoms with van der Waals surface area (Å²) in [6, 6.07) is 10.8. The van der Waals surface area contributed by atoms with Gasteiger partial charge in [0.05, 0.1) is 4.95 Å². The van der Waals surface area contributed by atoms with Crippen LogP contribution < -0.4 is 0 Å². The highest BCUT2D eigenvalue weighted by Gasteiger charge is 2.44. The van der Waals surface area contributed by atoms with E-state index < -0.39 is 17.0 Å². The Bertz CT molecular complexity index is 695. The Hall–Kier alpha value is -1.50. The normalized spacial score (nSPS) is 19.4. The second-order valence-corrected chi connectivity index (χ2v) is 5.93. The molecule has 3 nitrogen and oxygen atoms in total. The number of rotatable bonds is 0. The van der Waals surface area contributed by atoms with Gasteiger partial charge in [-0.05, 0) is 6.07 Å². The van der Waals surface area contributed by atoms with Gasteiger partial charge in [0.15, 0.2) is 0 Å². The maximum atomic E-state index is 12.6. The SMILES string of the molecule is O=C(N1CCn2c([c]c3ccccc32)CC1Br)C(F)(F)F. The first-order chi connectivity index (χ1) is 9.88. The molecule has 0 fully saturated rings. The fourth-order valence-corrected chi connectivity index (χ4v) is 3.31. The smallest absolute Gasteiger partial charge is 0.342 e. The molecular weight excluding hydrogens is 349 g/mol. The van der Waals surface area contributed by atoms with Crippen LogP contribution in [0.15, 0.2) is 24.3 Å². The zero-order chi connectivity index (χ0) is 15.2. The molecule has 7 heteroatoms. The van der Waals surface area contributed by atoms with E-state index in [1.54, 1.807) is 0 Å². The molecule has 0 bridgehead atoms. The third-order valence-electron chi connectivity index (χ3n) is 3.57. The average molecular weight is 360 g/mol. The third kappa shape index (κ3) is 2.54. The lowest BCUT2D eigenvalue weighted by Crippen LogP contribution is -2.45. The van der Waals surface area contributed by atoms with Gasteiger partial charge in [0, 0.05) is 42.2 Å². The van der Waals surface area contributed by atoms with Crippen LogP contribution >= 0.6 is 15.9 Å². The Kier molecular flexibility index (Phi) is 3.47. The first-order valence-electron chi connectivity index (χ1n) is 6.39. The van der Waals surface area contributed by atoms with Gasteiger partial charge in [0.2, 0.25) is 0 Å². The largest absolute Gasteiger partial charge is 0.471 e. The van der Waals surface area contributed by atoms with Gasteiger partial charge in [-0.1, -0.05) is 34.1 Å². The number of hydrogen-bond acceptors (Lipinski definition) is 1. The van der Waals surface area contributed by atoms with Crippen LogP contribution in [0.3, 0.4) is 0 Å². The number of fused-ring (bicyclic) bond motifs is 3. The number of nitrogens with zero attached hydrogens (tertiary/aromatic N) is 2. The van der Waals surface area contributed by atoms with Gasteiger partial charge >= 0.3 is 12.1 Å². The Balaban J connectivity index is 1.94. The number of carbonyl (C=O) groups excluding carboxylic acids is 1. The van der Waals surface area contributed by atoms with Gasteiger partial charge in [-0.3, -0.25) is 4.79 Å². The molecule has 2 aromatic rings. The van der Waals surface area contributed by atoms with Crippen molar-refractivity contribution in [3.8, 4) is 0 Å². The van der Waals surface area contributed by atoms with Gasteiger partial charge < -0.3 is 9.47 Å². The molecule has 0 saturated heterocycles. The summed E-state index contributed by atoms with van der Waals surface area (Å²) in [5, 5.41) is 0.933. The van der Waals surface area contributed by atoms with Crippen molar-refractivity contribution < 1.29 is 18.0 Å². The summed E-state index contributed by atoms with van der Waals surface area (Å²) in [7, 11) is 0. The summed E-state index contributed by atoms with van der Waals surface area (Å²) >= 11 is 3.20. The predicted octanol–water partition coefficient (Wildman–Crippen LogP) is 3.11. The van der Waals surface area contributed by atoms with E-state index >= 15 is 0 Å². The number of carbonyl (C=O) groups is 1. The minimum atomic E-state index is -4.85. The molecule has 1 aliphatic heterocycles. The van der Waals surface area contributed by atoms with Gasteiger partial charge in [0.1, 0.15) is 0 Å². The summed E-state index contributed by atoms with van der Waals surface area (Å²) in [5.74, 6) is -1.81. The summed E-state index contributed by atoms with van der Waals surface area (Å²) in [4.78, 5) is 11.6. The molecule has 3 rings (SSSR count). The number of halogens is 4. The number of alkyl halides is 4. The maximum Gasteiger partial charge on any atom is 0.471 e. The molecule has 1 atom stereocenters. The molecule has 2 heterocycles. The van der Waals surface area contributed by atoms with Crippen LogP contribution in [0.2, 0.25) is 0 Å². The summed E-state index contributed by atoms with van der Waals surface area (Å²) in [6.45, 7) is 0.330. The van der Waals surface area contributed by atoms with Crippen LogP contribution in [0.4, 0.5) is 13.2 Å². The van der Waals surface area contributed by atoms with Crippen LogP contribution in [-0.4, -0.2) is 33.0 Å². The van der Waals surface area contributed by atoms with Crippen LogP contribution in [0.25, 0.3) is 10.9 Å². The molecule has 1 radical (unpaired) electrons. The monoisotopic (exact) mass is 359 g/mol. The van der Waals surface area contributed by atoms with E-state index in [1.165, 1.54) is 0 Å². The molecule has 1 unspecified atom stereocenters. The zero-order valence-corrected chi connectivity index (χ0v) is 12.4. The van der Waals surface area contributed by atoms with E-state index in [0.29, 0.717) is 6.54 Å². The zero-order valence-electron chi connectivity index (χ0n) is 10.8. The molecular formula is C14H11BrF3N2O. The number of hydrogen-bond donors (Lipinski definition) is 0. The van der Waals surface area contributed by atoms with E-state index in [2.05, 4.69) is 22.0 Å². The third-order valence-corrected chi connectivity index (χ3v) is 4.39. The Morgan fingerprint density at radius 1 is 1.29 bits per heavy atom. The molecule has 111 valence electrons. The van der Waals surface area contributed by atoms with E-state index in [4.69, 9.17) is 0 Å². The van der Waals surface area contributed by atoms with Crippen molar-refractivity contribution in [3.05, 3.63) is 36.0 Å². The van der Waals surface area contributed by atoms with Crippen molar-refractivity contribution in [3.63, 3.8) is 0 Å². The molecule has 0 aliphatic carbocycles. The number of benzene rings is 1. The van der Waals surface area contributed by atoms with Crippen molar-refractivity contribution in [1.29, 1.82) is 0 Å². The van der Waals surface area contributed by atoms with Crippen molar-refractivity contribution >= 4 is 32.7 Å². The quantitative estimate of drug-likeness (QED) is 0.524. The fourth-order valence-electron chi connectivity index (χ4n) is 2.61.